The van der Waals surface area contributed by atoms with Gasteiger partial charge in [0.1, 0.15) is 0 Å². The molecular formula is C5H10F2O2. The van der Waals surface area contributed by atoms with Gasteiger partial charge >= 0.3 is 6.11 Å². The lowest BCUT2D eigenvalue weighted by Gasteiger charge is -2.14. The molecule has 4 heteroatoms. The fraction of sp³-hybridized carbons (Fsp3) is 1.00. The van der Waals surface area contributed by atoms with E-state index in [0.717, 1.165) is 0 Å². The molecule has 0 spiro atoms. The van der Waals surface area contributed by atoms with Crippen LogP contribution in [0, 0.1) is 0 Å². The van der Waals surface area contributed by atoms with Crippen molar-refractivity contribution in [3.05, 3.63) is 0 Å². The smallest absolute Gasteiger partial charge is 0.355 e. The van der Waals surface area contributed by atoms with Crippen molar-refractivity contribution in [2.45, 2.75) is 32.7 Å². The van der Waals surface area contributed by atoms with E-state index in [1.807, 2.05) is 0 Å². The minimum absolute atomic E-state index is 0.170. The van der Waals surface area contributed by atoms with E-state index >= 15 is 0 Å². The standard InChI is InChI=1S/C5H10F2O2/c1-3-4(8)9-5(2,6)7/h4,8H,3H2,1-2H3. The zero-order valence-corrected chi connectivity index (χ0v) is 5.40. The first-order valence-electron chi connectivity index (χ1n) is 2.69. The molecular weight excluding hydrogens is 130 g/mol. The van der Waals surface area contributed by atoms with Gasteiger partial charge < -0.3 is 5.11 Å². The van der Waals surface area contributed by atoms with Crippen molar-refractivity contribution in [2.75, 3.05) is 0 Å². The molecule has 0 aliphatic heterocycles. The SMILES string of the molecule is CCC(O)OC(C)(F)F. The molecule has 0 aromatic carbocycles. The van der Waals surface area contributed by atoms with Crippen LogP contribution in [0.2, 0.25) is 0 Å². The Hall–Kier alpha value is -0.220. The predicted molar refractivity (Wildman–Crippen MR) is 28.0 cm³/mol. The molecule has 56 valence electrons. The van der Waals surface area contributed by atoms with Crippen LogP contribution in [0.25, 0.3) is 0 Å². The molecule has 0 amide bonds. The number of aliphatic hydroxyl groups is 1. The monoisotopic (exact) mass is 140 g/mol. The van der Waals surface area contributed by atoms with Crippen molar-refractivity contribution in [2.24, 2.45) is 0 Å². The fourth-order valence-electron chi connectivity index (χ4n) is 0.322. The highest BCUT2D eigenvalue weighted by Gasteiger charge is 2.24. The van der Waals surface area contributed by atoms with E-state index in [-0.39, 0.29) is 6.42 Å². The lowest BCUT2D eigenvalue weighted by molar-refractivity contribution is -0.295. The normalized spacial score (nSPS) is 15.7. The van der Waals surface area contributed by atoms with Crippen molar-refractivity contribution in [3.8, 4) is 0 Å². The van der Waals surface area contributed by atoms with Gasteiger partial charge in [0, 0.05) is 6.92 Å². The van der Waals surface area contributed by atoms with E-state index in [4.69, 9.17) is 5.11 Å². The van der Waals surface area contributed by atoms with Crippen LogP contribution in [0.4, 0.5) is 8.78 Å². The van der Waals surface area contributed by atoms with Gasteiger partial charge in [-0.15, -0.1) is 0 Å². The topological polar surface area (TPSA) is 29.5 Å². The van der Waals surface area contributed by atoms with Crippen LogP contribution in [-0.4, -0.2) is 17.5 Å². The van der Waals surface area contributed by atoms with Crippen molar-refractivity contribution in [1.29, 1.82) is 0 Å². The summed E-state index contributed by atoms with van der Waals surface area (Å²) in [6, 6.07) is 0. The summed E-state index contributed by atoms with van der Waals surface area (Å²) in [5, 5.41) is 8.49. The zero-order chi connectivity index (χ0) is 7.49. The van der Waals surface area contributed by atoms with E-state index in [2.05, 4.69) is 4.74 Å². The maximum absolute atomic E-state index is 11.8. The molecule has 1 atom stereocenters. The second-order valence-electron chi connectivity index (χ2n) is 1.79. The number of hydrogen-bond acceptors (Lipinski definition) is 2. The largest absolute Gasteiger partial charge is 0.368 e. The molecule has 0 radical (unpaired) electrons. The molecule has 1 N–H and O–H groups in total. The zero-order valence-electron chi connectivity index (χ0n) is 5.40. The van der Waals surface area contributed by atoms with Gasteiger partial charge in [-0.3, -0.25) is 4.74 Å². The Balaban J connectivity index is 3.47. The molecule has 0 fully saturated rings. The summed E-state index contributed by atoms with van der Waals surface area (Å²) in [6.45, 7) is 2.14. The van der Waals surface area contributed by atoms with Crippen molar-refractivity contribution in [1.82, 2.24) is 0 Å². The van der Waals surface area contributed by atoms with Crippen molar-refractivity contribution < 1.29 is 18.6 Å². The lowest BCUT2D eigenvalue weighted by atomic mass is 10.5. The minimum Gasteiger partial charge on any atom is -0.368 e. The summed E-state index contributed by atoms with van der Waals surface area (Å²) in [4.78, 5) is 0. The third-order valence-electron chi connectivity index (χ3n) is 0.692. The predicted octanol–water partition coefficient (Wildman–Crippen LogP) is 1.34. The van der Waals surface area contributed by atoms with E-state index < -0.39 is 12.4 Å². The molecule has 0 aromatic rings. The van der Waals surface area contributed by atoms with Crippen LogP contribution >= 0.6 is 0 Å². The highest BCUT2D eigenvalue weighted by Crippen LogP contribution is 2.15. The Kier molecular flexibility index (Phi) is 3.00. The molecule has 0 aliphatic rings. The van der Waals surface area contributed by atoms with Crippen LogP contribution < -0.4 is 0 Å². The Morgan fingerprint density at radius 3 is 2.22 bits per heavy atom. The van der Waals surface area contributed by atoms with Crippen LogP contribution in [0.1, 0.15) is 20.3 Å². The highest BCUT2D eigenvalue weighted by molar-refractivity contribution is 4.41. The third kappa shape index (κ3) is 5.65. The Morgan fingerprint density at radius 2 is 2.11 bits per heavy atom. The number of halogens is 2. The second kappa shape index (κ2) is 3.08. The lowest BCUT2D eigenvalue weighted by Crippen LogP contribution is -2.23. The van der Waals surface area contributed by atoms with Crippen molar-refractivity contribution >= 4 is 0 Å². The first kappa shape index (κ1) is 8.78. The molecule has 0 bridgehead atoms. The van der Waals surface area contributed by atoms with Gasteiger partial charge in [0.25, 0.3) is 0 Å². The number of aliphatic hydroxyl groups excluding tert-OH is 1. The van der Waals surface area contributed by atoms with Gasteiger partial charge in [-0.1, -0.05) is 6.92 Å². The molecule has 2 nitrogen and oxygen atoms in total. The molecule has 0 rings (SSSR count). The maximum Gasteiger partial charge on any atom is 0.355 e. The van der Waals surface area contributed by atoms with E-state index in [1.54, 1.807) is 6.92 Å². The van der Waals surface area contributed by atoms with Crippen LogP contribution in [-0.2, 0) is 4.74 Å². The van der Waals surface area contributed by atoms with Crippen molar-refractivity contribution in [3.63, 3.8) is 0 Å². The highest BCUT2D eigenvalue weighted by atomic mass is 19.3. The van der Waals surface area contributed by atoms with Gasteiger partial charge in [0.05, 0.1) is 0 Å². The Labute approximate surface area is 52.4 Å². The summed E-state index contributed by atoms with van der Waals surface area (Å²) in [6.07, 6.45) is -4.41. The Morgan fingerprint density at radius 1 is 1.67 bits per heavy atom. The summed E-state index contributed by atoms with van der Waals surface area (Å²) in [5.74, 6) is 0. The average Bonchev–Trinajstić information content (AvgIpc) is 1.62. The first-order chi connectivity index (χ1) is 3.95. The number of ether oxygens (including phenoxy) is 1. The van der Waals surface area contributed by atoms with E-state index in [1.165, 1.54) is 0 Å². The third-order valence-corrected chi connectivity index (χ3v) is 0.692. The summed E-state index contributed by atoms with van der Waals surface area (Å²) in [5.41, 5.74) is 0. The molecule has 0 aromatic heterocycles. The molecule has 1 unspecified atom stereocenters. The summed E-state index contributed by atoms with van der Waals surface area (Å²) in [7, 11) is 0. The van der Waals surface area contributed by atoms with Gasteiger partial charge in [-0.2, -0.15) is 8.78 Å². The maximum atomic E-state index is 11.8. The van der Waals surface area contributed by atoms with Gasteiger partial charge in [0.15, 0.2) is 6.29 Å². The number of rotatable bonds is 3. The van der Waals surface area contributed by atoms with Gasteiger partial charge in [0.2, 0.25) is 0 Å². The minimum atomic E-state index is -3.23. The molecule has 0 saturated heterocycles. The quantitative estimate of drug-likeness (QED) is 0.599. The molecule has 0 heterocycles. The van der Waals surface area contributed by atoms with E-state index in [0.29, 0.717) is 6.92 Å². The van der Waals surface area contributed by atoms with Crippen LogP contribution in [0.5, 0.6) is 0 Å². The van der Waals surface area contributed by atoms with Gasteiger partial charge in [-0.25, -0.2) is 0 Å². The van der Waals surface area contributed by atoms with Gasteiger partial charge in [-0.05, 0) is 6.42 Å². The van der Waals surface area contributed by atoms with Crippen LogP contribution in [0.15, 0.2) is 0 Å². The first-order valence-corrected chi connectivity index (χ1v) is 2.69. The Bertz CT molecular complexity index is 79.5. The second-order valence-corrected chi connectivity index (χ2v) is 1.79. The summed E-state index contributed by atoms with van der Waals surface area (Å²) >= 11 is 0. The average molecular weight is 140 g/mol. The molecule has 0 saturated carbocycles. The fourth-order valence-corrected chi connectivity index (χ4v) is 0.322. The summed E-state index contributed by atoms with van der Waals surface area (Å²) < 4.78 is 27.4. The number of alkyl halides is 2. The number of hydrogen-bond donors (Lipinski definition) is 1. The molecule has 9 heavy (non-hydrogen) atoms. The van der Waals surface area contributed by atoms with Crippen LogP contribution in [0.3, 0.4) is 0 Å². The van der Waals surface area contributed by atoms with E-state index in [9.17, 15) is 8.78 Å². The molecule has 0 aliphatic carbocycles.